The van der Waals surface area contributed by atoms with Crippen LogP contribution in [0.3, 0.4) is 0 Å². The van der Waals surface area contributed by atoms with Gasteiger partial charge >= 0.3 is 0 Å². The van der Waals surface area contributed by atoms with Crippen molar-refractivity contribution >= 4 is 5.95 Å². The van der Waals surface area contributed by atoms with Crippen LogP contribution in [0.15, 0.2) is 24.4 Å². The minimum absolute atomic E-state index is 0.400. The summed E-state index contributed by atoms with van der Waals surface area (Å²) < 4.78 is 5.74. The minimum Gasteiger partial charge on any atom is -0.493 e. The molecule has 6 nitrogen and oxygen atoms in total. The van der Waals surface area contributed by atoms with Crippen LogP contribution in [-0.2, 0) is 19.5 Å². The number of benzene rings is 1. The molecule has 6 heteroatoms. The largest absolute Gasteiger partial charge is 0.493 e. The zero-order valence-corrected chi connectivity index (χ0v) is 15.2. The van der Waals surface area contributed by atoms with E-state index in [1.54, 1.807) is 0 Å². The summed E-state index contributed by atoms with van der Waals surface area (Å²) in [6, 6.07) is 7.13. The number of nitrogens with one attached hydrogen (secondary N) is 1. The van der Waals surface area contributed by atoms with Crippen molar-refractivity contribution in [2.45, 2.75) is 32.5 Å². The van der Waals surface area contributed by atoms with Gasteiger partial charge in [0, 0.05) is 63.5 Å². The van der Waals surface area contributed by atoms with Crippen molar-refractivity contribution in [3.8, 4) is 5.75 Å². The first kappa shape index (κ1) is 16.0. The van der Waals surface area contributed by atoms with Crippen molar-refractivity contribution < 1.29 is 4.74 Å². The Labute approximate surface area is 154 Å². The Morgan fingerprint density at radius 2 is 2.00 bits per heavy atom. The summed E-state index contributed by atoms with van der Waals surface area (Å²) in [4.78, 5) is 14.2. The fourth-order valence-corrected chi connectivity index (χ4v) is 4.16. The molecule has 5 rings (SSSR count). The van der Waals surface area contributed by atoms with Gasteiger partial charge in [-0.1, -0.05) is 12.1 Å². The molecule has 3 aliphatic rings. The van der Waals surface area contributed by atoms with Gasteiger partial charge in [0.15, 0.2) is 0 Å². The van der Waals surface area contributed by atoms with E-state index in [2.05, 4.69) is 45.2 Å². The van der Waals surface area contributed by atoms with E-state index in [1.165, 1.54) is 16.7 Å². The maximum Gasteiger partial charge on any atom is 0.225 e. The number of anilines is 1. The SMILES string of the molecule is CC(c1ccc2c(c1)OCC2)N1CCN(c2ncc3c(n2)CNC3)CC1. The second-order valence-corrected chi connectivity index (χ2v) is 7.41. The van der Waals surface area contributed by atoms with Crippen molar-refractivity contribution in [1.82, 2.24) is 20.2 Å². The Balaban J connectivity index is 1.25. The van der Waals surface area contributed by atoms with Gasteiger partial charge in [-0.25, -0.2) is 9.97 Å². The van der Waals surface area contributed by atoms with Gasteiger partial charge in [0.25, 0.3) is 0 Å². The zero-order valence-electron chi connectivity index (χ0n) is 15.2. The molecule has 26 heavy (non-hydrogen) atoms. The van der Waals surface area contributed by atoms with E-state index in [0.717, 1.165) is 69.7 Å². The smallest absolute Gasteiger partial charge is 0.225 e. The molecule has 1 saturated heterocycles. The average molecular weight is 351 g/mol. The highest BCUT2D eigenvalue weighted by atomic mass is 16.5. The van der Waals surface area contributed by atoms with E-state index in [9.17, 15) is 0 Å². The lowest BCUT2D eigenvalue weighted by Gasteiger charge is -2.38. The van der Waals surface area contributed by atoms with Gasteiger partial charge in [0.05, 0.1) is 12.3 Å². The van der Waals surface area contributed by atoms with Crippen LogP contribution in [0, 0.1) is 0 Å². The average Bonchev–Trinajstić information content (AvgIpc) is 3.35. The van der Waals surface area contributed by atoms with Crippen molar-refractivity contribution in [3.63, 3.8) is 0 Å². The van der Waals surface area contributed by atoms with E-state index in [1.807, 2.05) is 6.20 Å². The first-order valence-corrected chi connectivity index (χ1v) is 9.58. The molecule has 0 saturated carbocycles. The van der Waals surface area contributed by atoms with Gasteiger partial charge in [-0.05, 0) is 24.1 Å². The first-order valence-electron chi connectivity index (χ1n) is 9.58. The lowest BCUT2D eigenvalue weighted by atomic mass is 10.0. The standard InChI is InChI=1S/C20H25N5O/c1-14(16-3-2-15-4-9-26-19(15)10-16)24-5-7-25(8-6-24)20-22-12-17-11-21-13-18(17)23-20/h2-3,10,12,14,21H,4-9,11,13H2,1H3. The molecule has 0 amide bonds. The predicted molar refractivity (Wildman–Crippen MR) is 100 cm³/mol. The topological polar surface area (TPSA) is 53.5 Å². The number of nitrogens with zero attached hydrogens (tertiary/aromatic N) is 4. The highest BCUT2D eigenvalue weighted by Gasteiger charge is 2.25. The fourth-order valence-electron chi connectivity index (χ4n) is 4.16. The van der Waals surface area contributed by atoms with Gasteiger partial charge in [-0.3, -0.25) is 4.90 Å². The van der Waals surface area contributed by atoms with Crippen molar-refractivity contribution in [2.75, 3.05) is 37.7 Å². The van der Waals surface area contributed by atoms with E-state index < -0.39 is 0 Å². The molecule has 2 aromatic rings. The normalized spacial score (nSPS) is 20.6. The molecule has 0 bridgehead atoms. The van der Waals surface area contributed by atoms with Gasteiger partial charge in [0.1, 0.15) is 5.75 Å². The summed E-state index contributed by atoms with van der Waals surface area (Å²) in [5.41, 5.74) is 5.08. The Bertz CT molecular complexity index is 816. The quantitative estimate of drug-likeness (QED) is 0.912. The predicted octanol–water partition coefficient (Wildman–Crippen LogP) is 1.90. The van der Waals surface area contributed by atoms with Crippen LogP contribution >= 0.6 is 0 Å². The fraction of sp³-hybridized carbons (Fsp3) is 0.500. The second kappa shape index (κ2) is 6.52. The van der Waals surface area contributed by atoms with E-state index >= 15 is 0 Å². The monoisotopic (exact) mass is 351 g/mol. The Morgan fingerprint density at radius 3 is 2.88 bits per heavy atom. The van der Waals surface area contributed by atoms with Gasteiger partial charge in [0.2, 0.25) is 5.95 Å². The molecule has 1 aromatic carbocycles. The molecule has 1 atom stereocenters. The second-order valence-electron chi connectivity index (χ2n) is 7.41. The van der Waals surface area contributed by atoms with E-state index in [4.69, 9.17) is 9.72 Å². The Hall–Kier alpha value is -2.18. The number of hydrogen-bond acceptors (Lipinski definition) is 6. The van der Waals surface area contributed by atoms with E-state index in [0.29, 0.717) is 6.04 Å². The maximum atomic E-state index is 5.74. The third-order valence-electron chi connectivity index (χ3n) is 5.90. The van der Waals surface area contributed by atoms with Crippen LogP contribution in [0.4, 0.5) is 5.95 Å². The van der Waals surface area contributed by atoms with Crippen LogP contribution < -0.4 is 15.0 Å². The van der Waals surface area contributed by atoms with Crippen LogP contribution in [0.1, 0.15) is 35.3 Å². The lowest BCUT2D eigenvalue weighted by molar-refractivity contribution is 0.197. The molecular weight excluding hydrogens is 326 g/mol. The molecule has 1 unspecified atom stereocenters. The van der Waals surface area contributed by atoms with Crippen LogP contribution in [-0.4, -0.2) is 47.7 Å². The number of hydrogen-bond donors (Lipinski definition) is 1. The van der Waals surface area contributed by atoms with E-state index in [-0.39, 0.29) is 0 Å². The third kappa shape index (κ3) is 2.83. The summed E-state index contributed by atoms with van der Waals surface area (Å²) in [5, 5.41) is 3.34. The van der Waals surface area contributed by atoms with Crippen LogP contribution in [0.5, 0.6) is 5.75 Å². The summed E-state index contributed by atoms with van der Waals surface area (Å²) in [7, 11) is 0. The number of fused-ring (bicyclic) bond motifs is 2. The number of aromatic nitrogens is 2. The van der Waals surface area contributed by atoms with Gasteiger partial charge in [-0.2, -0.15) is 0 Å². The van der Waals surface area contributed by atoms with Crippen LogP contribution in [0.2, 0.25) is 0 Å². The molecule has 1 fully saturated rings. The summed E-state index contributed by atoms with van der Waals surface area (Å²) in [6.45, 7) is 8.87. The Kier molecular flexibility index (Phi) is 4.02. The molecule has 1 aromatic heterocycles. The molecule has 3 aliphatic heterocycles. The zero-order chi connectivity index (χ0) is 17.5. The van der Waals surface area contributed by atoms with Crippen molar-refractivity contribution in [1.29, 1.82) is 0 Å². The maximum absolute atomic E-state index is 5.74. The first-order chi connectivity index (χ1) is 12.8. The number of piperazine rings is 1. The summed E-state index contributed by atoms with van der Waals surface area (Å²) >= 11 is 0. The molecule has 0 aliphatic carbocycles. The molecule has 0 radical (unpaired) electrons. The van der Waals surface area contributed by atoms with Crippen molar-refractivity contribution in [2.24, 2.45) is 0 Å². The van der Waals surface area contributed by atoms with Crippen molar-refractivity contribution in [3.05, 3.63) is 46.8 Å². The summed E-state index contributed by atoms with van der Waals surface area (Å²) in [6.07, 6.45) is 3.02. The molecule has 136 valence electrons. The summed E-state index contributed by atoms with van der Waals surface area (Å²) in [5.74, 6) is 1.96. The lowest BCUT2D eigenvalue weighted by Crippen LogP contribution is -2.47. The number of rotatable bonds is 3. The molecular formula is C20H25N5O. The van der Waals surface area contributed by atoms with Gasteiger partial charge < -0.3 is 15.0 Å². The minimum atomic E-state index is 0.400. The highest BCUT2D eigenvalue weighted by Crippen LogP contribution is 2.31. The van der Waals surface area contributed by atoms with Crippen LogP contribution in [0.25, 0.3) is 0 Å². The molecule has 4 heterocycles. The highest BCUT2D eigenvalue weighted by molar-refractivity contribution is 5.41. The Morgan fingerprint density at radius 1 is 1.12 bits per heavy atom. The number of ether oxygens (including phenoxy) is 1. The molecule has 0 spiro atoms. The van der Waals surface area contributed by atoms with Gasteiger partial charge in [-0.15, -0.1) is 0 Å². The third-order valence-corrected chi connectivity index (χ3v) is 5.90. The molecule has 1 N–H and O–H groups in total.